The first kappa shape index (κ1) is 17.8. The van der Waals surface area contributed by atoms with Gasteiger partial charge in [-0.3, -0.25) is 4.79 Å². The van der Waals surface area contributed by atoms with E-state index in [1.807, 2.05) is 0 Å². The molecule has 0 fully saturated rings. The van der Waals surface area contributed by atoms with Gasteiger partial charge in [0, 0.05) is 6.92 Å². The van der Waals surface area contributed by atoms with E-state index in [9.17, 15) is 44.3 Å². The number of carbonyl (C=O) groups is 1. The van der Waals surface area contributed by atoms with Crippen molar-refractivity contribution in [1.29, 1.82) is 0 Å². The van der Waals surface area contributed by atoms with E-state index in [0.717, 1.165) is 5.32 Å². The molecular weight excluding hydrogens is 297 g/mol. The van der Waals surface area contributed by atoms with E-state index in [0.29, 0.717) is 6.92 Å². The van der Waals surface area contributed by atoms with E-state index in [1.165, 1.54) is 0 Å². The van der Waals surface area contributed by atoms with E-state index in [-0.39, 0.29) is 6.92 Å². The van der Waals surface area contributed by atoms with Crippen molar-refractivity contribution in [2.24, 2.45) is 0 Å². The number of rotatable bonds is 4. The van der Waals surface area contributed by atoms with Crippen molar-refractivity contribution in [3.63, 3.8) is 0 Å². The zero-order valence-corrected chi connectivity index (χ0v) is 9.39. The average molecular weight is 305 g/mol. The van der Waals surface area contributed by atoms with Crippen molar-refractivity contribution in [2.75, 3.05) is 0 Å². The van der Waals surface area contributed by atoms with Gasteiger partial charge < -0.3 is 5.32 Å². The molecule has 0 saturated heterocycles. The van der Waals surface area contributed by atoms with Gasteiger partial charge in [-0.1, -0.05) is 0 Å². The number of hydrogen-bond donors (Lipinski definition) is 1. The van der Waals surface area contributed by atoms with Crippen molar-refractivity contribution >= 4 is 5.91 Å². The third-order valence-electron chi connectivity index (χ3n) is 2.13. The van der Waals surface area contributed by atoms with Gasteiger partial charge in [0.2, 0.25) is 5.91 Å². The molecule has 0 aliphatic carbocycles. The van der Waals surface area contributed by atoms with Gasteiger partial charge in [0.05, 0.1) is 6.04 Å². The molecule has 1 atom stereocenters. The molecule has 0 unspecified atom stereocenters. The largest absolute Gasteiger partial charge is 0.460 e. The Labute approximate surface area is 100 Å². The summed E-state index contributed by atoms with van der Waals surface area (Å²) in [4.78, 5) is 10.4. The summed E-state index contributed by atoms with van der Waals surface area (Å²) >= 11 is 0. The molecule has 0 aromatic rings. The molecule has 19 heavy (non-hydrogen) atoms. The van der Waals surface area contributed by atoms with Crippen molar-refractivity contribution < 1.29 is 44.3 Å². The Hall–Kier alpha value is -1.16. The lowest BCUT2D eigenvalue weighted by molar-refractivity contribution is -0.398. The molecular formula is C8H8F9NO. The first-order valence-corrected chi connectivity index (χ1v) is 4.56. The SMILES string of the molecule is CC(=O)N[C@@H](C)C(F)(F)C(F)(F)C(F)(F)C(F)(F)F. The fraction of sp³-hybridized carbons (Fsp3) is 0.875. The number of hydrogen-bond acceptors (Lipinski definition) is 1. The predicted molar refractivity (Wildman–Crippen MR) is 44.2 cm³/mol. The van der Waals surface area contributed by atoms with Crippen molar-refractivity contribution in [3.05, 3.63) is 0 Å². The molecule has 114 valence electrons. The monoisotopic (exact) mass is 305 g/mol. The maximum absolute atomic E-state index is 13.0. The van der Waals surface area contributed by atoms with E-state index in [1.54, 1.807) is 0 Å². The fourth-order valence-corrected chi connectivity index (χ4v) is 1.05. The van der Waals surface area contributed by atoms with Gasteiger partial charge in [0.25, 0.3) is 0 Å². The number of halogens is 9. The second-order valence-corrected chi connectivity index (χ2v) is 3.69. The minimum Gasteiger partial charge on any atom is -0.348 e. The van der Waals surface area contributed by atoms with Crippen LogP contribution in [0.3, 0.4) is 0 Å². The summed E-state index contributed by atoms with van der Waals surface area (Å²) in [7, 11) is 0. The van der Waals surface area contributed by atoms with Crippen LogP contribution in [0.1, 0.15) is 13.8 Å². The first-order valence-electron chi connectivity index (χ1n) is 4.56. The highest BCUT2D eigenvalue weighted by molar-refractivity contribution is 5.73. The van der Waals surface area contributed by atoms with Crippen LogP contribution in [0.25, 0.3) is 0 Å². The summed E-state index contributed by atoms with van der Waals surface area (Å²) < 4.78 is 112. The lowest BCUT2D eigenvalue weighted by atomic mass is 9.98. The lowest BCUT2D eigenvalue weighted by Gasteiger charge is -2.36. The highest BCUT2D eigenvalue weighted by atomic mass is 19.4. The predicted octanol–water partition coefficient (Wildman–Crippen LogP) is 2.98. The van der Waals surface area contributed by atoms with Crippen molar-refractivity contribution in [2.45, 2.75) is 43.8 Å². The Morgan fingerprint density at radius 3 is 1.53 bits per heavy atom. The van der Waals surface area contributed by atoms with Crippen LogP contribution in [0.15, 0.2) is 0 Å². The number of alkyl halides is 9. The third-order valence-corrected chi connectivity index (χ3v) is 2.13. The van der Waals surface area contributed by atoms with Gasteiger partial charge in [-0.15, -0.1) is 0 Å². The van der Waals surface area contributed by atoms with E-state index in [4.69, 9.17) is 0 Å². The second kappa shape index (κ2) is 4.75. The van der Waals surface area contributed by atoms with E-state index >= 15 is 0 Å². The molecule has 11 heteroatoms. The Morgan fingerprint density at radius 2 is 1.26 bits per heavy atom. The third kappa shape index (κ3) is 2.89. The molecule has 0 aromatic heterocycles. The zero-order valence-electron chi connectivity index (χ0n) is 9.39. The maximum Gasteiger partial charge on any atom is 0.460 e. The quantitative estimate of drug-likeness (QED) is 0.795. The van der Waals surface area contributed by atoms with Gasteiger partial charge in [0.15, 0.2) is 0 Å². The molecule has 0 saturated carbocycles. The number of nitrogens with one attached hydrogen (secondary N) is 1. The van der Waals surface area contributed by atoms with Crippen LogP contribution in [0.4, 0.5) is 39.5 Å². The summed E-state index contributed by atoms with van der Waals surface area (Å²) in [6, 6.07) is -2.92. The fourth-order valence-electron chi connectivity index (χ4n) is 1.05. The molecule has 0 heterocycles. The second-order valence-electron chi connectivity index (χ2n) is 3.69. The van der Waals surface area contributed by atoms with Gasteiger partial charge in [0.1, 0.15) is 0 Å². The zero-order chi connectivity index (χ0) is 15.9. The molecule has 0 aliphatic heterocycles. The molecule has 2 nitrogen and oxygen atoms in total. The maximum atomic E-state index is 13.0. The summed E-state index contributed by atoms with van der Waals surface area (Å²) in [5, 5.41) is 1.14. The minimum absolute atomic E-state index is 0.182. The molecule has 0 radical (unpaired) electrons. The van der Waals surface area contributed by atoms with Crippen LogP contribution in [0.2, 0.25) is 0 Å². The van der Waals surface area contributed by atoms with E-state index in [2.05, 4.69) is 0 Å². The highest BCUT2D eigenvalue weighted by Gasteiger charge is 2.82. The van der Waals surface area contributed by atoms with Crippen LogP contribution in [-0.2, 0) is 4.79 Å². The van der Waals surface area contributed by atoms with Crippen LogP contribution < -0.4 is 5.32 Å². The Kier molecular flexibility index (Phi) is 4.46. The standard InChI is InChI=1S/C8H8F9NO/c1-3(18-4(2)19)5(9,10)6(11,12)7(13,14)8(15,16)17/h3H,1-2H3,(H,18,19)/t3-/m0/s1. The molecule has 0 spiro atoms. The van der Waals surface area contributed by atoms with Crippen LogP contribution >= 0.6 is 0 Å². The summed E-state index contributed by atoms with van der Waals surface area (Å²) in [5.74, 6) is -20.8. The normalized spacial score (nSPS) is 16.2. The average Bonchev–Trinajstić information content (AvgIpc) is 2.13. The van der Waals surface area contributed by atoms with Crippen molar-refractivity contribution in [1.82, 2.24) is 5.32 Å². The number of amides is 1. The molecule has 0 aromatic carbocycles. The Balaban J connectivity index is 5.56. The topological polar surface area (TPSA) is 29.1 Å². The molecule has 1 N–H and O–H groups in total. The Morgan fingerprint density at radius 1 is 0.895 bits per heavy atom. The van der Waals surface area contributed by atoms with Gasteiger partial charge in [-0.25, -0.2) is 0 Å². The molecule has 0 aliphatic rings. The van der Waals surface area contributed by atoms with E-state index < -0.39 is 35.9 Å². The molecule has 1 amide bonds. The smallest absolute Gasteiger partial charge is 0.348 e. The van der Waals surface area contributed by atoms with Crippen LogP contribution in [0.5, 0.6) is 0 Å². The molecule has 0 rings (SSSR count). The Bertz CT molecular complexity index is 349. The van der Waals surface area contributed by atoms with Crippen LogP contribution in [-0.4, -0.2) is 35.9 Å². The summed E-state index contributed by atoms with van der Waals surface area (Å²) in [5.41, 5.74) is 0. The highest BCUT2D eigenvalue weighted by Crippen LogP contribution is 2.53. The van der Waals surface area contributed by atoms with Gasteiger partial charge in [-0.2, -0.15) is 39.5 Å². The van der Waals surface area contributed by atoms with Gasteiger partial charge >= 0.3 is 23.9 Å². The summed E-state index contributed by atoms with van der Waals surface area (Å²) in [6.45, 7) is 0.786. The van der Waals surface area contributed by atoms with Crippen LogP contribution in [0, 0.1) is 0 Å². The van der Waals surface area contributed by atoms with Crippen molar-refractivity contribution in [3.8, 4) is 0 Å². The first-order chi connectivity index (χ1) is 8.09. The number of carbonyl (C=O) groups excluding carboxylic acids is 1. The summed E-state index contributed by atoms with van der Waals surface area (Å²) in [6.07, 6.45) is -6.87. The van der Waals surface area contributed by atoms with Gasteiger partial charge in [-0.05, 0) is 6.92 Å². The minimum atomic E-state index is -6.95. The molecule has 0 bridgehead atoms. The lowest BCUT2D eigenvalue weighted by Crippen LogP contribution is -2.66.